The number of hydrogen-bond acceptors (Lipinski definition) is 4. The van der Waals surface area contributed by atoms with Crippen molar-refractivity contribution in [2.24, 2.45) is 5.92 Å². The number of fused-ring (bicyclic) bond motifs is 1. The Kier molecular flexibility index (Phi) is 2.70. The highest BCUT2D eigenvalue weighted by Gasteiger charge is 2.19. The van der Waals surface area contributed by atoms with Gasteiger partial charge < -0.3 is 5.73 Å². The highest BCUT2D eigenvalue weighted by atomic mass is 32.2. The summed E-state index contributed by atoms with van der Waals surface area (Å²) >= 11 is 2.02. The molecule has 0 aromatic carbocycles. The lowest BCUT2D eigenvalue weighted by Crippen LogP contribution is -2.12. The minimum absolute atomic E-state index is 0.593. The zero-order valence-corrected chi connectivity index (χ0v) is 10.7. The van der Waals surface area contributed by atoms with Crippen LogP contribution in [-0.2, 0) is 6.54 Å². The Morgan fingerprint density at radius 3 is 3.12 bits per heavy atom. The maximum absolute atomic E-state index is 5.99. The van der Waals surface area contributed by atoms with Crippen molar-refractivity contribution in [1.82, 2.24) is 14.5 Å². The molecule has 0 spiro atoms. The highest BCUT2D eigenvalue weighted by molar-refractivity contribution is 7.99. The number of pyridine rings is 1. The quantitative estimate of drug-likeness (QED) is 0.884. The van der Waals surface area contributed by atoms with E-state index in [4.69, 9.17) is 5.73 Å². The largest absolute Gasteiger partial charge is 0.369 e. The summed E-state index contributed by atoms with van der Waals surface area (Å²) in [4.78, 5) is 8.92. The van der Waals surface area contributed by atoms with E-state index in [1.165, 1.54) is 17.9 Å². The van der Waals surface area contributed by atoms with E-state index in [0.717, 1.165) is 23.4 Å². The number of nitrogen functional groups attached to an aromatic ring is 1. The molecule has 0 saturated carbocycles. The topological polar surface area (TPSA) is 56.7 Å². The van der Waals surface area contributed by atoms with E-state index in [-0.39, 0.29) is 0 Å². The normalized spacial score (nSPS) is 20.2. The van der Waals surface area contributed by atoms with Crippen LogP contribution in [0.5, 0.6) is 0 Å². The van der Waals surface area contributed by atoms with Gasteiger partial charge in [0, 0.05) is 12.2 Å². The van der Waals surface area contributed by atoms with Crippen molar-refractivity contribution in [3.63, 3.8) is 0 Å². The first-order valence-corrected chi connectivity index (χ1v) is 7.06. The van der Waals surface area contributed by atoms with Gasteiger partial charge in [-0.15, -0.1) is 0 Å². The molecule has 0 aliphatic carbocycles. The molecule has 0 amide bonds. The van der Waals surface area contributed by atoms with Gasteiger partial charge in [-0.3, -0.25) is 4.57 Å². The molecule has 2 aromatic heterocycles. The van der Waals surface area contributed by atoms with E-state index in [9.17, 15) is 0 Å². The number of aromatic nitrogens is 3. The van der Waals surface area contributed by atoms with Crippen LogP contribution >= 0.6 is 11.8 Å². The Hall–Kier alpha value is -1.23. The maximum atomic E-state index is 5.99. The second-order valence-electron chi connectivity index (χ2n) is 4.61. The van der Waals surface area contributed by atoms with Crippen LogP contribution in [0.25, 0.3) is 11.2 Å². The summed E-state index contributed by atoms with van der Waals surface area (Å²) in [6, 6.07) is 3.97. The van der Waals surface area contributed by atoms with Gasteiger partial charge in [0.2, 0.25) is 5.95 Å². The fourth-order valence-electron chi connectivity index (χ4n) is 2.28. The van der Waals surface area contributed by atoms with Gasteiger partial charge in [0.05, 0.1) is 0 Å². The van der Waals surface area contributed by atoms with Gasteiger partial charge in [-0.05, 0) is 42.9 Å². The average molecular weight is 248 g/mol. The van der Waals surface area contributed by atoms with Gasteiger partial charge in [-0.2, -0.15) is 11.8 Å². The summed E-state index contributed by atoms with van der Waals surface area (Å²) in [7, 11) is 0. The Morgan fingerprint density at radius 1 is 1.47 bits per heavy atom. The van der Waals surface area contributed by atoms with Crippen LogP contribution < -0.4 is 5.73 Å². The Balaban J connectivity index is 2.01. The van der Waals surface area contributed by atoms with E-state index >= 15 is 0 Å². The number of hydrogen-bond donors (Lipinski definition) is 1. The first-order valence-electron chi connectivity index (χ1n) is 5.91. The Morgan fingerprint density at radius 2 is 2.35 bits per heavy atom. The first-order chi connectivity index (χ1) is 8.24. The minimum Gasteiger partial charge on any atom is -0.369 e. The fraction of sp³-hybridized carbons (Fsp3) is 0.500. The van der Waals surface area contributed by atoms with Crippen LogP contribution in [0.3, 0.4) is 0 Å². The molecule has 1 saturated heterocycles. The van der Waals surface area contributed by atoms with E-state index in [2.05, 4.69) is 14.5 Å². The molecule has 3 heterocycles. The molecule has 5 heteroatoms. The van der Waals surface area contributed by atoms with Crippen LogP contribution in [0.1, 0.15) is 12.1 Å². The summed E-state index contributed by atoms with van der Waals surface area (Å²) in [6.45, 7) is 2.95. The van der Waals surface area contributed by atoms with Crippen LogP contribution in [0.2, 0.25) is 0 Å². The molecule has 4 nitrogen and oxygen atoms in total. The van der Waals surface area contributed by atoms with Crippen molar-refractivity contribution in [1.29, 1.82) is 0 Å². The summed E-state index contributed by atoms with van der Waals surface area (Å²) < 4.78 is 2.07. The maximum Gasteiger partial charge on any atom is 0.202 e. The van der Waals surface area contributed by atoms with Crippen LogP contribution in [0, 0.1) is 12.8 Å². The summed E-state index contributed by atoms with van der Waals surface area (Å²) in [5.74, 6) is 3.80. The molecule has 90 valence electrons. The molecule has 2 aromatic rings. The third kappa shape index (κ3) is 1.99. The zero-order valence-electron chi connectivity index (χ0n) is 9.89. The molecule has 2 N–H and O–H groups in total. The zero-order chi connectivity index (χ0) is 11.8. The number of anilines is 1. The van der Waals surface area contributed by atoms with E-state index < -0.39 is 0 Å². The van der Waals surface area contributed by atoms with Crippen LogP contribution in [0.15, 0.2) is 12.1 Å². The molecular formula is C12H16N4S. The number of nitrogens with two attached hydrogens (primary N) is 1. The second kappa shape index (κ2) is 4.22. The monoisotopic (exact) mass is 248 g/mol. The lowest BCUT2D eigenvalue weighted by Gasteiger charge is -2.11. The van der Waals surface area contributed by atoms with Crippen molar-refractivity contribution in [3.8, 4) is 0 Å². The molecule has 1 aliphatic rings. The van der Waals surface area contributed by atoms with Gasteiger partial charge in [0.25, 0.3) is 0 Å². The van der Waals surface area contributed by atoms with Crippen molar-refractivity contribution < 1.29 is 0 Å². The first kappa shape index (κ1) is 10.9. The van der Waals surface area contributed by atoms with Crippen LogP contribution in [0.4, 0.5) is 5.95 Å². The lowest BCUT2D eigenvalue weighted by molar-refractivity contribution is 0.503. The van der Waals surface area contributed by atoms with Gasteiger partial charge in [-0.25, -0.2) is 9.97 Å². The van der Waals surface area contributed by atoms with E-state index in [0.29, 0.717) is 11.9 Å². The molecular weight excluding hydrogens is 232 g/mol. The van der Waals surface area contributed by atoms with Gasteiger partial charge in [0.15, 0.2) is 5.65 Å². The molecule has 0 radical (unpaired) electrons. The van der Waals surface area contributed by atoms with E-state index in [1.54, 1.807) is 0 Å². The number of nitrogens with zero attached hydrogens (tertiary/aromatic N) is 3. The number of imidazole rings is 1. The van der Waals surface area contributed by atoms with Gasteiger partial charge in [0.1, 0.15) is 5.52 Å². The molecule has 3 rings (SSSR count). The average Bonchev–Trinajstić information content (AvgIpc) is 2.90. The molecule has 1 unspecified atom stereocenters. The molecule has 1 fully saturated rings. The molecule has 1 aliphatic heterocycles. The predicted octanol–water partition coefficient (Wildman–Crippen LogP) is 2.08. The van der Waals surface area contributed by atoms with Gasteiger partial charge >= 0.3 is 0 Å². The second-order valence-corrected chi connectivity index (χ2v) is 5.76. The third-order valence-corrected chi connectivity index (χ3v) is 4.46. The number of rotatable bonds is 2. The third-order valence-electron chi connectivity index (χ3n) is 3.23. The standard InChI is InChI=1S/C12H16N4S/c1-8-2-3-10-11(14-8)16(12(13)15-10)6-9-4-5-17-7-9/h2-3,9H,4-7H2,1H3,(H2,13,15). The smallest absolute Gasteiger partial charge is 0.202 e. The van der Waals surface area contributed by atoms with Crippen molar-refractivity contribution in [2.45, 2.75) is 19.9 Å². The van der Waals surface area contributed by atoms with Crippen molar-refractivity contribution in [2.75, 3.05) is 17.2 Å². The summed E-state index contributed by atoms with van der Waals surface area (Å²) in [5, 5.41) is 0. The molecule has 0 bridgehead atoms. The van der Waals surface area contributed by atoms with Gasteiger partial charge in [-0.1, -0.05) is 0 Å². The van der Waals surface area contributed by atoms with E-state index in [1.807, 2.05) is 30.8 Å². The minimum atomic E-state index is 0.593. The Labute approximate surface area is 105 Å². The summed E-state index contributed by atoms with van der Waals surface area (Å²) in [5.41, 5.74) is 8.83. The Bertz CT molecular complexity index is 543. The highest BCUT2D eigenvalue weighted by Crippen LogP contribution is 2.27. The predicted molar refractivity (Wildman–Crippen MR) is 72.1 cm³/mol. The lowest BCUT2D eigenvalue weighted by atomic mass is 10.1. The number of aryl methyl sites for hydroxylation is 1. The fourth-order valence-corrected chi connectivity index (χ4v) is 3.55. The molecule has 17 heavy (non-hydrogen) atoms. The van der Waals surface area contributed by atoms with Crippen LogP contribution in [-0.4, -0.2) is 26.0 Å². The van der Waals surface area contributed by atoms with Crippen molar-refractivity contribution in [3.05, 3.63) is 17.8 Å². The van der Waals surface area contributed by atoms with Crippen molar-refractivity contribution >= 4 is 28.9 Å². The summed E-state index contributed by atoms with van der Waals surface area (Å²) in [6.07, 6.45) is 1.27. The SMILES string of the molecule is Cc1ccc2nc(N)n(CC3CCSC3)c2n1. The molecule has 1 atom stereocenters. The number of thioether (sulfide) groups is 1.